The lowest BCUT2D eigenvalue weighted by atomic mass is 10.1. The van der Waals surface area contributed by atoms with E-state index in [1.165, 1.54) is 63.6 Å². The summed E-state index contributed by atoms with van der Waals surface area (Å²) in [6, 6.07) is 51.7. The zero-order valence-electron chi connectivity index (χ0n) is 80.2. The molecule has 0 aliphatic carbocycles. The van der Waals surface area contributed by atoms with Crippen molar-refractivity contribution >= 4 is 184 Å². The summed E-state index contributed by atoms with van der Waals surface area (Å²) in [6.45, 7) is 10.5. The number of aliphatic hydroxyl groups is 1. The number of carboxylic acids is 3. The van der Waals surface area contributed by atoms with Gasteiger partial charge in [0.25, 0.3) is 76.3 Å². The minimum absolute atomic E-state index is 0.0509. The lowest BCUT2D eigenvalue weighted by Crippen LogP contribution is -2.56. The quantitative estimate of drug-likeness (QED) is 0.0101. The number of hydrogen-bond donors (Lipinski definition) is 13. The third-order valence-electron chi connectivity index (χ3n) is 25.1. The molecule has 4 fully saturated rings. The van der Waals surface area contributed by atoms with Gasteiger partial charge in [-0.2, -0.15) is 0 Å². The van der Waals surface area contributed by atoms with Crippen molar-refractivity contribution in [3.8, 4) is 0 Å². The van der Waals surface area contributed by atoms with Crippen molar-refractivity contribution in [2.75, 3.05) is 107 Å². The van der Waals surface area contributed by atoms with Crippen molar-refractivity contribution in [1.82, 2.24) is 59.1 Å². The number of nitrogens with one attached hydrogen (secondary N) is 8. The number of Topliss-reactive ketones (excluding diaryl/α,β-unsaturated/α-hetero) is 4. The van der Waals surface area contributed by atoms with Gasteiger partial charge in [-0.3, -0.25) is 91.1 Å². The summed E-state index contributed by atoms with van der Waals surface area (Å²) in [6.07, 6.45) is 4.64. The minimum Gasteiger partial charge on any atom is -0.481 e. The number of H-pyrrole nitrogens is 4. The molecule has 4 aliphatic heterocycles. The van der Waals surface area contributed by atoms with E-state index in [2.05, 4.69) is 45.9 Å². The normalized spacial score (nSPS) is 15.9. The van der Waals surface area contributed by atoms with E-state index >= 15 is 0 Å². The number of aliphatic hydroxyl groups excluding tert-OH is 1. The fourth-order valence-corrected chi connectivity index (χ4v) is 17.4. The highest BCUT2D eigenvalue weighted by atomic mass is 16.5. The maximum absolute atomic E-state index is 13.2. The number of fused-ring (bicyclic) bond motifs is 4. The van der Waals surface area contributed by atoms with Crippen LogP contribution in [0, 0.1) is 0 Å². The van der Waals surface area contributed by atoms with Gasteiger partial charge < -0.3 is 111 Å². The van der Waals surface area contributed by atoms with Crippen LogP contribution in [-0.2, 0) is 62.3 Å². The first-order valence-electron chi connectivity index (χ1n) is 46.7. The summed E-state index contributed by atoms with van der Waals surface area (Å²) in [5, 5.41) is 48.3. The van der Waals surface area contributed by atoms with Crippen LogP contribution in [0.15, 0.2) is 231 Å². The molecular formula is C105H105N17O25. The number of rotatable bonds is 27. The molecule has 2 unspecified atom stereocenters. The molecule has 0 bridgehead atoms. The number of nitrogens with two attached hydrogens (primary N) is 1. The van der Waals surface area contributed by atoms with Gasteiger partial charge in [-0.1, -0.05) is 121 Å². The number of piperazine rings is 4. The van der Waals surface area contributed by atoms with Crippen molar-refractivity contribution in [2.24, 2.45) is 5.73 Å². The molecule has 0 radical (unpaired) electrons. The van der Waals surface area contributed by atoms with Gasteiger partial charge in [0.15, 0.2) is 6.10 Å². The van der Waals surface area contributed by atoms with E-state index in [0.717, 1.165) is 6.08 Å². The Morgan fingerprint density at radius 2 is 0.626 bits per heavy atom. The fourth-order valence-electron chi connectivity index (χ4n) is 17.4. The first-order valence-corrected chi connectivity index (χ1v) is 46.7. The van der Waals surface area contributed by atoms with Crippen LogP contribution >= 0.6 is 0 Å². The van der Waals surface area contributed by atoms with Crippen LogP contribution in [0.4, 0.5) is 22.7 Å². The van der Waals surface area contributed by atoms with Crippen molar-refractivity contribution in [3.63, 3.8) is 0 Å². The molecule has 4 saturated heterocycles. The van der Waals surface area contributed by atoms with E-state index in [1.807, 2.05) is 31.2 Å². The second-order valence-electron chi connectivity index (χ2n) is 34.9. The molecule has 14 N–H and O–H groups in total. The lowest BCUT2D eigenvalue weighted by molar-refractivity contribution is -0.144. The van der Waals surface area contributed by atoms with Gasteiger partial charge in [0.05, 0.1) is 87.0 Å². The second-order valence-corrected chi connectivity index (χ2v) is 34.9. The number of aliphatic carboxylic acids is 3. The summed E-state index contributed by atoms with van der Waals surface area (Å²) in [5.41, 5.74) is 11.2. The molecule has 8 aromatic carbocycles. The molecule has 147 heavy (non-hydrogen) atoms. The average Bonchev–Trinajstić information content (AvgIpc) is 1.66. The zero-order chi connectivity index (χ0) is 106. The molecule has 0 saturated carbocycles. The van der Waals surface area contributed by atoms with Crippen LogP contribution in [0.1, 0.15) is 136 Å². The summed E-state index contributed by atoms with van der Waals surface area (Å²) < 4.78 is 4.55. The highest BCUT2D eigenvalue weighted by Crippen LogP contribution is 2.34. The highest BCUT2D eigenvalue weighted by molar-refractivity contribution is 6.47. The molecule has 4 aliphatic rings. The Hall–Kier alpha value is -18.2. The van der Waals surface area contributed by atoms with Gasteiger partial charge in [-0.25, -0.2) is 4.79 Å². The molecular weight excluding hydrogens is 1900 g/mol. The summed E-state index contributed by atoms with van der Waals surface area (Å²) in [4.78, 5) is 273. The molecule has 12 amide bonds. The number of aromatic amines is 4. The number of ketones is 4. The van der Waals surface area contributed by atoms with E-state index in [9.17, 15) is 101 Å². The third kappa shape index (κ3) is 25.3. The number of aromatic nitrogens is 4. The Morgan fingerprint density at radius 3 is 0.884 bits per heavy atom. The largest absolute Gasteiger partial charge is 0.481 e. The Balaban J connectivity index is 0.000000164. The van der Waals surface area contributed by atoms with Gasteiger partial charge in [-0.15, -0.1) is 0 Å². The van der Waals surface area contributed by atoms with E-state index in [-0.39, 0.29) is 141 Å². The predicted molar refractivity (Wildman–Crippen MR) is 536 cm³/mol. The number of methoxy groups -OCH3 is 1. The van der Waals surface area contributed by atoms with Crippen LogP contribution in [-0.4, -0.2) is 319 Å². The molecule has 12 aromatic rings. The fraction of sp³-hybridized carbons (Fsp3) is 0.257. The number of benzene rings is 8. The number of hydrogen-bond acceptors (Lipinski definition) is 23. The average molecular weight is 2010 g/mol. The van der Waals surface area contributed by atoms with E-state index in [0.29, 0.717) is 128 Å². The Morgan fingerprint density at radius 1 is 0.354 bits per heavy atom. The van der Waals surface area contributed by atoms with Gasteiger partial charge in [0, 0.05) is 196 Å². The van der Waals surface area contributed by atoms with Crippen molar-refractivity contribution in [3.05, 3.63) is 276 Å². The highest BCUT2D eigenvalue weighted by Gasteiger charge is 2.41. The molecule has 4 aromatic heterocycles. The summed E-state index contributed by atoms with van der Waals surface area (Å²) in [7, 11) is 1.25. The number of esters is 1. The van der Waals surface area contributed by atoms with Crippen LogP contribution in [0.3, 0.4) is 0 Å². The molecule has 16 rings (SSSR count). The van der Waals surface area contributed by atoms with Crippen molar-refractivity contribution < 1.29 is 121 Å². The smallest absolute Gasteiger partial charge is 0.328 e. The summed E-state index contributed by atoms with van der Waals surface area (Å²) >= 11 is 0. The number of carboxylic acid groups (broad SMARTS) is 3. The first kappa shape index (κ1) is 106. The first-order chi connectivity index (χ1) is 70.4. The maximum Gasteiger partial charge on any atom is 0.328 e. The number of carbonyl (C=O) groups excluding carboxylic acids is 17. The van der Waals surface area contributed by atoms with Gasteiger partial charge in [0.2, 0.25) is 17.7 Å². The van der Waals surface area contributed by atoms with E-state index < -0.39 is 107 Å². The van der Waals surface area contributed by atoms with Crippen LogP contribution in [0.25, 0.3) is 43.6 Å². The van der Waals surface area contributed by atoms with Gasteiger partial charge in [0.1, 0.15) is 6.04 Å². The maximum atomic E-state index is 13.2. The minimum atomic E-state index is -2.01. The SMILES string of the molecule is COC(=O)CCC(=O)Nc1cccc2c(C(=O)C(=O)N3CCN(C(=O)c4ccccc4)C[C@H]3C)c[nH]c12.C[C@@H]1CN(C(=O)c2ccccc2)CCN1C(=O)C(=O)c1c[nH]c2c(NC(=O)/C=C/C(=O)O)cccc12.C[C@@H]1CN(C(=O)c2ccccc2)CCN1C(=O)C(=O)c1c[nH]c2c(NC(=O)C(O)C(N)C(=O)O)cccc12.C[C@@H]1CN(C(=O)c2ccccc2)CCN1C(=O)C(=O)c1c[nH]c2c(NC(=O)CCC(=O)O)cccc12. The topological polar surface area (TPSA) is 595 Å². The standard InChI is InChI=1S/C27H28N4O6.C26H27N5O7.C26H26N4O6.C26H24N4O6/c1-17-16-30(26(35)18-7-4-3-5-8-18)13-14-31(17)27(36)25(34)20-15-28-24-19(20)9-6-10-21(24)29-22(32)11-12-23(33)37-2;1-14-13-30(24(35)15-6-3-2-4-7-15)10-11-31(14)25(36)21(32)17-12-28-20-16(17)8-5-9-18(20)29-23(34)22(33)19(27)26(37)38;2*1-16-15-29(25(35)17-6-3-2-4-7-17)12-13-30(16)26(36)24(34)19-14-27-23-18(19)8-5-9-20(23)28-21(31)10-11-22(32)33/h3-10,15,17,28H,11-14,16H2,1-2H3,(H,29,32);2-9,12,14,19,22,28,33H,10-11,13,27H2,1H3,(H,29,34)(H,37,38);2-9,14,16,27H,10-13,15H2,1H3,(H,28,31)(H,32,33);2-11,14,16,27H,12-13,15H2,1H3,(H,28,31)(H,32,33)/b;;;11-10+/t17-;14-,19?,22?;2*16-/m1111/s1. The number of ether oxygens (including phenoxy) is 1. The monoisotopic (exact) mass is 2000 g/mol. The number of carbonyl (C=O) groups is 20. The Bertz CT molecular complexity index is 7140. The van der Waals surface area contributed by atoms with Gasteiger partial charge >= 0.3 is 23.9 Å². The van der Waals surface area contributed by atoms with Crippen LogP contribution < -0.4 is 27.0 Å². The van der Waals surface area contributed by atoms with Crippen molar-refractivity contribution in [1.29, 1.82) is 0 Å². The van der Waals surface area contributed by atoms with Crippen molar-refractivity contribution in [2.45, 2.75) is 89.7 Å². The van der Waals surface area contributed by atoms with Crippen LogP contribution in [0.2, 0.25) is 0 Å². The second kappa shape index (κ2) is 48.0. The Labute approximate surface area is 838 Å². The molecule has 6 atom stereocenters. The number of nitrogens with zero attached hydrogens (tertiary/aromatic N) is 8. The number of anilines is 4. The predicted octanol–water partition coefficient (Wildman–Crippen LogP) is 7.88. The van der Waals surface area contributed by atoms with Crippen LogP contribution in [0.5, 0.6) is 0 Å². The molecule has 760 valence electrons. The number of amides is 12. The molecule has 42 nitrogen and oxygen atoms in total. The number of para-hydroxylation sites is 4. The van der Waals surface area contributed by atoms with E-state index in [1.54, 1.807) is 198 Å². The zero-order valence-corrected chi connectivity index (χ0v) is 80.2. The Kier molecular flexibility index (Phi) is 34.7. The molecule has 8 heterocycles. The van der Waals surface area contributed by atoms with Gasteiger partial charge in [-0.05, 0) is 100 Å². The molecule has 0 spiro atoms. The third-order valence-corrected chi connectivity index (χ3v) is 25.1. The van der Waals surface area contributed by atoms with E-state index in [4.69, 9.17) is 21.1 Å². The molecule has 42 heteroatoms. The summed E-state index contributed by atoms with van der Waals surface area (Å²) in [5.74, 6) is -12.9. The lowest BCUT2D eigenvalue weighted by Gasteiger charge is -2.39.